The molecular weight excluding hydrogens is 256 g/mol. The van der Waals surface area contributed by atoms with Gasteiger partial charge in [0.15, 0.2) is 0 Å². The predicted molar refractivity (Wildman–Crippen MR) is 72.3 cm³/mol. The van der Waals surface area contributed by atoms with Crippen LogP contribution >= 0.6 is 11.6 Å². The third-order valence-corrected chi connectivity index (χ3v) is 2.73. The van der Waals surface area contributed by atoms with E-state index in [1.165, 1.54) is 6.07 Å². The maximum absolute atomic E-state index is 10.8. The molecule has 1 aromatic rings. The molecule has 0 atom stereocenters. The van der Waals surface area contributed by atoms with Crippen molar-refractivity contribution in [2.45, 2.75) is 19.3 Å². The highest BCUT2D eigenvalue weighted by Gasteiger charge is 2.13. The van der Waals surface area contributed by atoms with Crippen molar-refractivity contribution < 1.29 is 9.66 Å². The van der Waals surface area contributed by atoms with Gasteiger partial charge in [-0.1, -0.05) is 11.6 Å². The second-order valence-corrected chi connectivity index (χ2v) is 4.34. The zero-order chi connectivity index (χ0) is 13.4. The molecule has 0 fully saturated rings. The van der Waals surface area contributed by atoms with Gasteiger partial charge in [0.05, 0.1) is 4.92 Å². The molecule has 6 heteroatoms. The van der Waals surface area contributed by atoms with Gasteiger partial charge < -0.3 is 10.1 Å². The molecule has 1 N–H and O–H groups in total. The van der Waals surface area contributed by atoms with E-state index in [1.54, 1.807) is 19.2 Å². The fourth-order valence-corrected chi connectivity index (χ4v) is 1.74. The second kappa shape index (κ2) is 7.89. The van der Waals surface area contributed by atoms with E-state index < -0.39 is 4.92 Å². The molecule has 100 valence electrons. The number of nitrogens with zero attached hydrogens (tertiary/aromatic N) is 1. The van der Waals surface area contributed by atoms with E-state index >= 15 is 0 Å². The molecule has 0 aromatic heterocycles. The Morgan fingerprint density at radius 2 is 2.17 bits per heavy atom. The topological polar surface area (TPSA) is 64.4 Å². The van der Waals surface area contributed by atoms with Crippen LogP contribution in [0.2, 0.25) is 5.02 Å². The minimum atomic E-state index is -0.431. The van der Waals surface area contributed by atoms with Gasteiger partial charge in [-0.2, -0.15) is 0 Å². The first-order valence-corrected chi connectivity index (χ1v) is 6.19. The SMILES string of the molecule is COCCCCCNc1ccc(Cl)cc1[N+](=O)[O-]. The Kier molecular flexibility index (Phi) is 6.46. The van der Waals surface area contributed by atoms with Crippen LogP contribution in [-0.4, -0.2) is 25.2 Å². The van der Waals surface area contributed by atoms with Crippen LogP contribution in [0, 0.1) is 10.1 Å². The highest BCUT2D eigenvalue weighted by Crippen LogP contribution is 2.27. The van der Waals surface area contributed by atoms with Crippen molar-refractivity contribution in [1.29, 1.82) is 0 Å². The number of rotatable bonds is 8. The first kappa shape index (κ1) is 14.7. The molecule has 0 aliphatic heterocycles. The fourth-order valence-electron chi connectivity index (χ4n) is 1.58. The van der Waals surface area contributed by atoms with E-state index in [2.05, 4.69) is 5.32 Å². The summed E-state index contributed by atoms with van der Waals surface area (Å²) >= 11 is 5.73. The van der Waals surface area contributed by atoms with Crippen molar-refractivity contribution >= 4 is 23.0 Å². The van der Waals surface area contributed by atoms with Crippen molar-refractivity contribution in [3.63, 3.8) is 0 Å². The van der Waals surface area contributed by atoms with Crippen LogP contribution in [0.15, 0.2) is 18.2 Å². The van der Waals surface area contributed by atoms with Crippen LogP contribution in [-0.2, 0) is 4.74 Å². The molecular formula is C12H17ClN2O3. The Balaban J connectivity index is 2.44. The van der Waals surface area contributed by atoms with Crippen LogP contribution in [0.5, 0.6) is 0 Å². The summed E-state index contributed by atoms with van der Waals surface area (Å²) in [4.78, 5) is 10.4. The molecule has 1 rings (SSSR count). The molecule has 0 spiro atoms. The lowest BCUT2D eigenvalue weighted by Gasteiger charge is -2.07. The molecule has 5 nitrogen and oxygen atoms in total. The largest absolute Gasteiger partial charge is 0.385 e. The Morgan fingerprint density at radius 3 is 2.83 bits per heavy atom. The Bertz CT molecular complexity index is 399. The number of nitrogens with one attached hydrogen (secondary N) is 1. The van der Waals surface area contributed by atoms with Gasteiger partial charge >= 0.3 is 0 Å². The second-order valence-electron chi connectivity index (χ2n) is 3.90. The van der Waals surface area contributed by atoms with Crippen molar-refractivity contribution in [3.05, 3.63) is 33.3 Å². The molecule has 0 saturated heterocycles. The van der Waals surface area contributed by atoms with E-state index in [9.17, 15) is 10.1 Å². The fraction of sp³-hybridized carbons (Fsp3) is 0.500. The molecule has 1 aromatic carbocycles. The molecule has 18 heavy (non-hydrogen) atoms. The summed E-state index contributed by atoms with van der Waals surface area (Å²) in [5.74, 6) is 0. The third kappa shape index (κ3) is 4.89. The highest BCUT2D eigenvalue weighted by molar-refractivity contribution is 6.30. The number of unbranched alkanes of at least 4 members (excludes halogenated alkanes) is 2. The minimum absolute atomic E-state index is 0.0133. The van der Waals surface area contributed by atoms with Gasteiger partial charge in [0.1, 0.15) is 5.69 Å². The zero-order valence-electron chi connectivity index (χ0n) is 10.3. The summed E-state index contributed by atoms with van der Waals surface area (Å²) in [7, 11) is 1.68. The average molecular weight is 273 g/mol. The standard InChI is InChI=1S/C12H17ClN2O3/c1-18-8-4-2-3-7-14-11-6-5-10(13)9-12(11)15(16)17/h5-6,9,14H,2-4,7-8H2,1H3. The van der Waals surface area contributed by atoms with Crippen molar-refractivity contribution in [2.24, 2.45) is 0 Å². The normalized spacial score (nSPS) is 10.3. The van der Waals surface area contributed by atoms with Gasteiger partial charge in [0.25, 0.3) is 5.69 Å². The number of benzene rings is 1. The predicted octanol–water partition coefficient (Wildman–Crippen LogP) is 3.48. The first-order chi connectivity index (χ1) is 8.65. The molecule has 0 aliphatic carbocycles. The Morgan fingerprint density at radius 1 is 1.39 bits per heavy atom. The van der Waals surface area contributed by atoms with Gasteiger partial charge in [0, 0.05) is 31.4 Å². The average Bonchev–Trinajstić information content (AvgIpc) is 2.35. The van der Waals surface area contributed by atoms with Crippen LogP contribution in [0.4, 0.5) is 11.4 Å². The Labute approximate surface area is 111 Å². The minimum Gasteiger partial charge on any atom is -0.385 e. The van der Waals surface area contributed by atoms with Crippen molar-refractivity contribution in [2.75, 3.05) is 25.6 Å². The number of hydrogen-bond acceptors (Lipinski definition) is 4. The zero-order valence-corrected chi connectivity index (χ0v) is 11.1. The lowest BCUT2D eigenvalue weighted by Crippen LogP contribution is -2.04. The smallest absolute Gasteiger partial charge is 0.293 e. The molecule has 0 heterocycles. The van der Waals surface area contributed by atoms with E-state index in [-0.39, 0.29) is 5.69 Å². The summed E-state index contributed by atoms with van der Waals surface area (Å²) in [5, 5.41) is 14.3. The van der Waals surface area contributed by atoms with E-state index in [0.717, 1.165) is 25.9 Å². The number of ether oxygens (including phenoxy) is 1. The highest BCUT2D eigenvalue weighted by atomic mass is 35.5. The molecule has 0 saturated carbocycles. The molecule has 0 radical (unpaired) electrons. The number of methoxy groups -OCH3 is 1. The van der Waals surface area contributed by atoms with Crippen LogP contribution in [0.1, 0.15) is 19.3 Å². The lowest BCUT2D eigenvalue weighted by atomic mass is 10.2. The summed E-state index contributed by atoms with van der Waals surface area (Å²) < 4.78 is 4.95. The van der Waals surface area contributed by atoms with Gasteiger partial charge in [0.2, 0.25) is 0 Å². The van der Waals surface area contributed by atoms with Gasteiger partial charge in [-0.15, -0.1) is 0 Å². The van der Waals surface area contributed by atoms with E-state index in [0.29, 0.717) is 17.3 Å². The summed E-state index contributed by atoms with van der Waals surface area (Å²) in [6.45, 7) is 1.45. The van der Waals surface area contributed by atoms with Crippen molar-refractivity contribution in [3.8, 4) is 0 Å². The van der Waals surface area contributed by atoms with Gasteiger partial charge in [-0.05, 0) is 31.4 Å². The number of hydrogen-bond donors (Lipinski definition) is 1. The maximum Gasteiger partial charge on any atom is 0.293 e. The van der Waals surface area contributed by atoms with Crippen LogP contribution in [0.25, 0.3) is 0 Å². The number of halogens is 1. The summed E-state index contributed by atoms with van der Waals surface area (Å²) in [6.07, 6.45) is 2.98. The molecule has 0 aliphatic rings. The number of anilines is 1. The first-order valence-electron chi connectivity index (χ1n) is 5.82. The molecule has 0 bridgehead atoms. The van der Waals surface area contributed by atoms with Crippen LogP contribution < -0.4 is 5.32 Å². The molecule has 0 unspecified atom stereocenters. The molecule has 0 amide bonds. The lowest BCUT2D eigenvalue weighted by molar-refractivity contribution is -0.383. The maximum atomic E-state index is 10.8. The summed E-state index contributed by atoms with van der Waals surface area (Å²) in [6, 6.07) is 4.63. The number of nitro benzene ring substituents is 1. The Hall–Kier alpha value is -1.33. The number of nitro groups is 1. The third-order valence-electron chi connectivity index (χ3n) is 2.50. The van der Waals surface area contributed by atoms with Crippen LogP contribution in [0.3, 0.4) is 0 Å². The summed E-state index contributed by atoms with van der Waals surface area (Å²) in [5.41, 5.74) is 0.524. The van der Waals surface area contributed by atoms with E-state index in [1.807, 2.05) is 0 Å². The quantitative estimate of drug-likeness (QED) is 0.447. The van der Waals surface area contributed by atoms with Crippen molar-refractivity contribution in [1.82, 2.24) is 0 Å². The van der Waals surface area contributed by atoms with Gasteiger partial charge in [-0.3, -0.25) is 10.1 Å². The monoisotopic (exact) mass is 272 g/mol. The van der Waals surface area contributed by atoms with E-state index in [4.69, 9.17) is 16.3 Å². The van der Waals surface area contributed by atoms with Gasteiger partial charge in [-0.25, -0.2) is 0 Å².